The molecule has 0 aliphatic heterocycles. The molecule has 66 valence electrons. The molecule has 0 unspecified atom stereocenters. The van der Waals surface area contributed by atoms with Crippen LogP contribution in [0.25, 0.3) is 0 Å². The maximum absolute atomic E-state index is 9.15. The van der Waals surface area contributed by atoms with Crippen LogP contribution in [0.1, 0.15) is 12.5 Å². The zero-order valence-corrected chi connectivity index (χ0v) is 7.38. The summed E-state index contributed by atoms with van der Waals surface area (Å²) in [5, 5.41) is 12.4. The van der Waals surface area contributed by atoms with E-state index in [0.29, 0.717) is 5.75 Å². The first-order valence-corrected chi connectivity index (χ1v) is 4.31. The van der Waals surface area contributed by atoms with Crippen molar-refractivity contribution in [3.05, 3.63) is 29.8 Å². The highest BCUT2D eigenvalue weighted by Crippen LogP contribution is 2.10. The van der Waals surface area contributed by atoms with Crippen molar-refractivity contribution in [1.29, 1.82) is 0 Å². The number of likely N-dealkylation sites (N-methyl/N-ethyl adjacent to an activating group) is 1. The number of hydrogen-bond acceptors (Lipinski definition) is 2. The van der Waals surface area contributed by atoms with E-state index in [0.717, 1.165) is 19.5 Å². The molecule has 0 aliphatic rings. The van der Waals surface area contributed by atoms with Crippen LogP contribution in [-0.2, 0) is 6.42 Å². The van der Waals surface area contributed by atoms with Crippen molar-refractivity contribution in [1.82, 2.24) is 5.32 Å². The Morgan fingerprint density at radius 3 is 2.92 bits per heavy atom. The van der Waals surface area contributed by atoms with E-state index in [1.807, 2.05) is 12.1 Å². The molecule has 0 bridgehead atoms. The molecule has 1 rings (SSSR count). The Morgan fingerprint density at radius 2 is 2.25 bits per heavy atom. The van der Waals surface area contributed by atoms with E-state index in [1.165, 1.54) is 5.56 Å². The molecule has 0 saturated carbocycles. The SMILES string of the molecule is CCNCCc1cccc(O)c1. The Labute approximate surface area is 73.2 Å². The molecule has 0 aromatic heterocycles. The highest BCUT2D eigenvalue weighted by Gasteiger charge is 1.92. The van der Waals surface area contributed by atoms with Gasteiger partial charge in [-0.1, -0.05) is 19.1 Å². The van der Waals surface area contributed by atoms with Crippen LogP contribution in [0.4, 0.5) is 0 Å². The number of hydrogen-bond donors (Lipinski definition) is 2. The lowest BCUT2D eigenvalue weighted by atomic mass is 10.1. The predicted octanol–water partition coefficient (Wildman–Crippen LogP) is 1.54. The molecule has 0 radical (unpaired) electrons. The summed E-state index contributed by atoms with van der Waals surface area (Å²) in [4.78, 5) is 0. The van der Waals surface area contributed by atoms with Crippen LogP contribution in [-0.4, -0.2) is 18.2 Å². The van der Waals surface area contributed by atoms with Crippen molar-refractivity contribution < 1.29 is 5.11 Å². The van der Waals surface area contributed by atoms with Gasteiger partial charge in [-0.05, 0) is 37.2 Å². The molecule has 2 N–H and O–H groups in total. The minimum Gasteiger partial charge on any atom is -0.508 e. The summed E-state index contributed by atoms with van der Waals surface area (Å²) in [7, 11) is 0. The summed E-state index contributed by atoms with van der Waals surface area (Å²) in [6.45, 7) is 4.06. The zero-order chi connectivity index (χ0) is 8.81. The monoisotopic (exact) mass is 165 g/mol. The Balaban J connectivity index is 2.41. The third-order valence-corrected chi connectivity index (χ3v) is 1.75. The van der Waals surface area contributed by atoms with Gasteiger partial charge in [-0.15, -0.1) is 0 Å². The third-order valence-electron chi connectivity index (χ3n) is 1.75. The average molecular weight is 165 g/mol. The zero-order valence-electron chi connectivity index (χ0n) is 7.38. The number of rotatable bonds is 4. The molecular formula is C10H15NO. The Morgan fingerprint density at radius 1 is 1.42 bits per heavy atom. The Hall–Kier alpha value is -1.02. The van der Waals surface area contributed by atoms with Crippen molar-refractivity contribution >= 4 is 0 Å². The lowest BCUT2D eigenvalue weighted by molar-refractivity contribution is 0.474. The minimum absolute atomic E-state index is 0.351. The van der Waals surface area contributed by atoms with Gasteiger partial charge >= 0.3 is 0 Å². The smallest absolute Gasteiger partial charge is 0.115 e. The second-order valence-corrected chi connectivity index (χ2v) is 2.77. The number of nitrogens with one attached hydrogen (secondary N) is 1. The minimum atomic E-state index is 0.351. The van der Waals surface area contributed by atoms with Gasteiger partial charge in [0.2, 0.25) is 0 Å². The molecule has 1 aromatic carbocycles. The molecule has 12 heavy (non-hydrogen) atoms. The fourth-order valence-corrected chi connectivity index (χ4v) is 1.12. The Kier molecular flexibility index (Phi) is 3.61. The van der Waals surface area contributed by atoms with E-state index in [2.05, 4.69) is 12.2 Å². The van der Waals surface area contributed by atoms with E-state index >= 15 is 0 Å². The van der Waals surface area contributed by atoms with Gasteiger partial charge < -0.3 is 10.4 Å². The molecule has 2 heteroatoms. The highest BCUT2D eigenvalue weighted by molar-refractivity contribution is 5.27. The van der Waals surface area contributed by atoms with E-state index in [1.54, 1.807) is 12.1 Å². The molecule has 0 heterocycles. The third kappa shape index (κ3) is 2.93. The first-order valence-electron chi connectivity index (χ1n) is 4.31. The first-order chi connectivity index (χ1) is 5.83. The van der Waals surface area contributed by atoms with Crippen molar-refractivity contribution in [2.45, 2.75) is 13.3 Å². The fourth-order valence-electron chi connectivity index (χ4n) is 1.12. The van der Waals surface area contributed by atoms with Gasteiger partial charge in [-0.3, -0.25) is 0 Å². The molecule has 0 saturated heterocycles. The molecule has 0 aliphatic carbocycles. The van der Waals surface area contributed by atoms with Crippen LogP contribution < -0.4 is 5.32 Å². The standard InChI is InChI=1S/C10H15NO/c1-2-11-7-6-9-4-3-5-10(12)8-9/h3-5,8,11-12H,2,6-7H2,1H3. The van der Waals surface area contributed by atoms with Crippen LogP contribution in [0.2, 0.25) is 0 Å². The number of aromatic hydroxyl groups is 1. The topological polar surface area (TPSA) is 32.3 Å². The van der Waals surface area contributed by atoms with Crippen LogP contribution in [0, 0.1) is 0 Å². The van der Waals surface area contributed by atoms with Crippen molar-refractivity contribution in [2.75, 3.05) is 13.1 Å². The quantitative estimate of drug-likeness (QED) is 0.663. The number of phenolic OH excluding ortho intramolecular Hbond substituents is 1. The highest BCUT2D eigenvalue weighted by atomic mass is 16.3. The fraction of sp³-hybridized carbons (Fsp3) is 0.400. The van der Waals surface area contributed by atoms with Gasteiger partial charge in [0.15, 0.2) is 0 Å². The summed E-state index contributed by atoms with van der Waals surface area (Å²) in [5.41, 5.74) is 1.18. The molecular weight excluding hydrogens is 150 g/mol. The number of benzene rings is 1. The van der Waals surface area contributed by atoms with Gasteiger partial charge in [-0.2, -0.15) is 0 Å². The van der Waals surface area contributed by atoms with Crippen molar-refractivity contribution in [3.63, 3.8) is 0 Å². The van der Waals surface area contributed by atoms with E-state index in [4.69, 9.17) is 5.11 Å². The lowest BCUT2D eigenvalue weighted by Gasteiger charge is -2.01. The van der Waals surface area contributed by atoms with Gasteiger partial charge in [0.25, 0.3) is 0 Å². The first kappa shape index (κ1) is 9.07. The van der Waals surface area contributed by atoms with Crippen LogP contribution in [0.3, 0.4) is 0 Å². The largest absolute Gasteiger partial charge is 0.508 e. The summed E-state index contributed by atoms with van der Waals surface area (Å²) in [6, 6.07) is 7.39. The normalized spacial score (nSPS) is 10.1. The molecule has 0 amide bonds. The summed E-state index contributed by atoms with van der Waals surface area (Å²) in [5.74, 6) is 0.351. The van der Waals surface area contributed by atoms with E-state index < -0.39 is 0 Å². The van der Waals surface area contributed by atoms with E-state index in [9.17, 15) is 0 Å². The van der Waals surface area contributed by atoms with Gasteiger partial charge in [0.05, 0.1) is 0 Å². The van der Waals surface area contributed by atoms with Crippen LogP contribution >= 0.6 is 0 Å². The van der Waals surface area contributed by atoms with Crippen LogP contribution in [0.5, 0.6) is 5.75 Å². The van der Waals surface area contributed by atoms with Gasteiger partial charge in [0.1, 0.15) is 5.75 Å². The summed E-state index contributed by atoms with van der Waals surface area (Å²) in [6.07, 6.45) is 0.974. The van der Waals surface area contributed by atoms with Crippen molar-refractivity contribution in [3.8, 4) is 5.75 Å². The van der Waals surface area contributed by atoms with E-state index in [-0.39, 0.29) is 0 Å². The number of phenols is 1. The van der Waals surface area contributed by atoms with Crippen LogP contribution in [0.15, 0.2) is 24.3 Å². The molecule has 1 aromatic rings. The molecule has 0 fully saturated rings. The molecule has 0 atom stereocenters. The second kappa shape index (κ2) is 4.78. The van der Waals surface area contributed by atoms with Crippen molar-refractivity contribution in [2.24, 2.45) is 0 Å². The predicted molar refractivity (Wildman–Crippen MR) is 50.4 cm³/mol. The summed E-state index contributed by atoms with van der Waals surface area (Å²) < 4.78 is 0. The average Bonchev–Trinajstić information content (AvgIpc) is 2.05. The maximum Gasteiger partial charge on any atom is 0.115 e. The van der Waals surface area contributed by atoms with Gasteiger partial charge in [-0.25, -0.2) is 0 Å². The summed E-state index contributed by atoms with van der Waals surface area (Å²) >= 11 is 0. The second-order valence-electron chi connectivity index (χ2n) is 2.77. The lowest BCUT2D eigenvalue weighted by Crippen LogP contribution is -2.15. The van der Waals surface area contributed by atoms with Gasteiger partial charge in [0, 0.05) is 0 Å². The molecule has 0 spiro atoms. The maximum atomic E-state index is 9.15. The molecule has 2 nitrogen and oxygen atoms in total. The Bertz CT molecular complexity index is 235.